The van der Waals surface area contributed by atoms with Crippen LogP contribution >= 0.6 is 0 Å². The summed E-state index contributed by atoms with van der Waals surface area (Å²) < 4.78 is 0. The molecule has 0 aliphatic heterocycles. The maximum atomic E-state index is 10.7. The molecule has 0 aliphatic carbocycles. The molecule has 1 rings (SSSR count). The van der Waals surface area contributed by atoms with Gasteiger partial charge in [0, 0.05) is 11.6 Å². The van der Waals surface area contributed by atoms with Gasteiger partial charge in [-0.3, -0.25) is 9.78 Å². The van der Waals surface area contributed by atoms with Gasteiger partial charge in [-0.15, -0.1) is 0 Å². The first-order valence-corrected chi connectivity index (χ1v) is 4.03. The standard InChI is InChI=1S/C9H13N3O/c1-9(2,3)7-5-11-6(4-12-7)8(10)13/h4-5H,1-3H3,(H2,10,13). The van der Waals surface area contributed by atoms with Crippen LogP contribution in [-0.4, -0.2) is 15.9 Å². The minimum absolute atomic E-state index is 0.0524. The second-order valence-corrected chi connectivity index (χ2v) is 3.90. The molecule has 0 saturated carbocycles. The molecule has 1 heterocycles. The van der Waals surface area contributed by atoms with Crippen LogP contribution in [0.4, 0.5) is 0 Å². The predicted molar refractivity (Wildman–Crippen MR) is 49.2 cm³/mol. The van der Waals surface area contributed by atoms with Gasteiger partial charge in [0.05, 0.1) is 11.9 Å². The fourth-order valence-corrected chi connectivity index (χ4v) is 0.843. The second-order valence-electron chi connectivity index (χ2n) is 3.90. The lowest BCUT2D eigenvalue weighted by atomic mass is 9.93. The lowest BCUT2D eigenvalue weighted by Crippen LogP contribution is -2.17. The molecule has 0 spiro atoms. The topological polar surface area (TPSA) is 68.9 Å². The summed E-state index contributed by atoms with van der Waals surface area (Å²) in [5.74, 6) is -0.548. The normalized spacial score (nSPS) is 11.3. The third kappa shape index (κ3) is 2.24. The Morgan fingerprint density at radius 3 is 2.23 bits per heavy atom. The van der Waals surface area contributed by atoms with Crippen LogP contribution in [-0.2, 0) is 5.41 Å². The summed E-state index contributed by atoms with van der Waals surface area (Å²) in [6.07, 6.45) is 2.99. The molecule has 0 atom stereocenters. The number of hydrogen-bond acceptors (Lipinski definition) is 3. The van der Waals surface area contributed by atoms with Crippen molar-refractivity contribution < 1.29 is 4.79 Å². The highest BCUT2D eigenvalue weighted by molar-refractivity contribution is 5.90. The minimum atomic E-state index is -0.548. The molecule has 1 amide bonds. The molecule has 0 bridgehead atoms. The van der Waals surface area contributed by atoms with E-state index in [9.17, 15) is 4.79 Å². The third-order valence-corrected chi connectivity index (χ3v) is 1.67. The summed E-state index contributed by atoms with van der Waals surface area (Å²) in [7, 11) is 0. The number of rotatable bonds is 1. The summed E-state index contributed by atoms with van der Waals surface area (Å²) in [6, 6.07) is 0. The smallest absolute Gasteiger partial charge is 0.268 e. The number of primary amides is 1. The zero-order valence-corrected chi connectivity index (χ0v) is 8.03. The summed E-state index contributed by atoms with van der Waals surface area (Å²) >= 11 is 0. The zero-order valence-electron chi connectivity index (χ0n) is 8.03. The molecular formula is C9H13N3O. The summed E-state index contributed by atoms with van der Waals surface area (Å²) in [4.78, 5) is 18.7. The van der Waals surface area contributed by atoms with Gasteiger partial charge in [0.2, 0.25) is 0 Å². The fraction of sp³-hybridized carbons (Fsp3) is 0.444. The van der Waals surface area contributed by atoms with Gasteiger partial charge >= 0.3 is 0 Å². The van der Waals surface area contributed by atoms with E-state index in [-0.39, 0.29) is 11.1 Å². The van der Waals surface area contributed by atoms with Crippen molar-refractivity contribution in [1.82, 2.24) is 9.97 Å². The van der Waals surface area contributed by atoms with Crippen LogP contribution in [0, 0.1) is 0 Å². The Bertz CT molecular complexity index is 311. The van der Waals surface area contributed by atoms with E-state index in [4.69, 9.17) is 5.73 Å². The molecule has 1 aromatic rings. The molecule has 0 unspecified atom stereocenters. The fourth-order valence-electron chi connectivity index (χ4n) is 0.843. The Morgan fingerprint density at radius 2 is 1.92 bits per heavy atom. The molecule has 4 heteroatoms. The van der Waals surface area contributed by atoms with Gasteiger partial charge in [-0.25, -0.2) is 4.98 Å². The van der Waals surface area contributed by atoms with Crippen LogP contribution in [0.2, 0.25) is 0 Å². The van der Waals surface area contributed by atoms with E-state index in [0.717, 1.165) is 5.69 Å². The average molecular weight is 179 g/mol. The molecule has 0 fully saturated rings. The Kier molecular flexibility index (Phi) is 2.32. The van der Waals surface area contributed by atoms with Gasteiger partial charge in [0.1, 0.15) is 5.69 Å². The van der Waals surface area contributed by atoms with Crippen molar-refractivity contribution in [2.24, 2.45) is 5.73 Å². The van der Waals surface area contributed by atoms with Crippen molar-refractivity contribution in [3.05, 3.63) is 23.8 Å². The Hall–Kier alpha value is -1.45. The number of hydrogen-bond donors (Lipinski definition) is 1. The first-order chi connectivity index (χ1) is 5.91. The quantitative estimate of drug-likeness (QED) is 0.695. The Balaban J connectivity index is 3.01. The number of nitrogens with zero attached hydrogens (tertiary/aromatic N) is 2. The number of carbonyl (C=O) groups excluding carboxylic acids is 1. The molecule has 13 heavy (non-hydrogen) atoms. The van der Waals surface area contributed by atoms with E-state index >= 15 is 0 Å². The third-order valence-electron chi connectivity index (χ3n) is 1.67. The van der Waals surface area contributed by atoms with E-state index in [1.807, 2.05) is 20.8 Å². The number of aromatic nitrogens is 2. The zero-order chi connectivity index (χ0) is 10.1. The van der Waals surface area contributed by atoms with Crippen LogP contribution in [0.1, 0.15) is 37.0 Å². The van der Waals surface area contributed by atoms with Crippen molar-refractivity contribution >= 4 is 5.91 Å². The van der Waals surface area contributed by atoms with E-state index in [2.05, 4.69) is 9.97 Å². The van der Waals surface area contributed by atoms with Crippen LogP contribution in [0.25, 0.3) is 0 Å². The second kappa shape index (κ2) is 3.12. The predicted octanol–water partition coefficient (Wildman–Crippen LogP) is 0.873. The minimum Gasteiger partial charge on any atom is -0.364 e. The molecule has 0 aliphatic rings. The first-order valence-electron chi connectivity index (χ1n) is 4.03. The molecule has 0 radical (unpaired) electrons. The highest BCUT2D eigenvalue weighted by Gasteiger charge is 2.15. The monoisotopic (exact) mass is 179 g/mol. The molecule has 4 nitrogen and oxygen atoms in total. The average Bonchev–Trinajstić information content (AvgIpc) is 2.03. The number of carbonyl (C=O) groups is 1. The highest BCUT2D eigenvalue weighted by Crippen LogP contribution is 2.18. The first kappa shape index (κ1) is 9.64. The number of nitrogens with two attached hydrogens (primary N) is 1. The lowest BCUT2D eigenvalue weighted by Gasteiger charge is -2.16. The highest BCUT2D eigenvalue weighted by atomic mass is 16.1. The van der Waals surface area contributed by atoms with Crippen LogP contribution in [0.15, 0.2) is 12.4 Å². The van der Waals surface area contributed by atoms with Gasteiger partial charge in [0.25, 0.3) is 5.91 Å². The summed E-state index contributed by atoms with van der Waals surface area (Å²) in [5.41, 5.74) is 6.03. The van der Waals surface area contributed by atoms with Gasteiger partial charge in [0.15, 0.2) is 0 Å². The van der Waals surface area contributed by atoms with Gasteiger partial charge in [-0.1, -0.05) is 20.8 Å². The van der Waals surface area contributed by atoms with Crippen molar-refractivity contribution in [1.29, 1.82) is 0 Å². The number of amides is 1. The Morgan fingerprint density at radius 1 is 1.31 bits per heavy atom. The van der Waals surface area contributed by atoms with E-state index < -0.39 is 5.91 Å². The molecule has 0 aromatic carbocycles. The van der Waals surface area contributed by atoms with Crippen LogP contribution in [0.5, 0.6) is 0 Å². The van der Waals surface area contributed by atoms with Crippen molar-refractivity contribution in [2.75, 3.05) is 0 Å². The van der Waals surface area contributed by atoms with Crippen molar-refractivity contribution in [2.45, 2.75) is 26.2 Å². The van der Waals surface area contributed by atoms with E-state index in [1.54, 1.807) is 6.20 Å². The summed E-state index contributed by atoms with van der Waals surface area (Å²) in [5, 5.41) is 0. The lowest BCUT2D eigenvalue weighted by molar-refractivity contribution is 0.0995. The van der Waals surface area contributed by atoms with Crippen LogP contribution in [0.3, 0.4) is 0 Å². The van der Waals surface area contributed by atoms with Crippen molar-refractivity contribution in [3.63, 3.8) is 0 Å². The van der Waals surface area contributed by atoms with E-state index in [0.29, 0.717) is 0 Å². The molecule has 70 valence electrons. The maximum absolute atomic E-state index is 10.7. The molecule has 1 aromatic heterocycles. The summed E-state index contributed by atoms with van der Waals surface area (Å²) in [6.45, 7) is 6.09. The van der Waals surface area contributed by atoms with Crippen molar-refractivity contribution in [3.8, 4) is 0 Å². The van der Waals surface area contributed by atoms with Gasteiger partial charge < -0.3 is 5.73 Å². The van der Waals surface area contributed by atoms with E-state index in [1.165, 1.54) is 6.20 Å². The Labute approximate surface area is 77.2 Å². The maximum Gasteiger partial charge on any atom is 0.268 e. The van der Waals surface area contributed by atoms with Crippen LogP contribution < -0.4 is 5.73 Å². The van der Waals surface area contributed by atoms with Gasteiger partial charge in [-0.2, -0.15) is 0 Å². The largest absolute Gasteiger partial charge is 0.364 e. The SMILES string of the molecule is CC(C)(C)c1cnc(C(N)=O)cn1. The molecular weight excluding hydrogens is 166 g/mol. The van der Waals surface area contributed by atoms with Gasteiger partial charge in [-0.05, 0) is 0 Å². The molecule has 0 saturated heterocycles. The molecule has 2 N–H and O–H groups in total.